The maximum atomic E-state index is 12.2. The van der Waals surface area contributed by atoms with Gasteiger partial charge < -0.3 is 4.90 Å². The molecule has 1 saturated heterocycles. The van der Waals surface area contributed by atoms with Crippen LogP contribution in [0.15, 0.2) is 24.3 Å². The SMILES string of the molecule is O=C1CCS(=O)C2c3ccccc3CCCN12. The fourth-order valence-corrected chi connectivity index (χ4v) is 4.33. The van der Waals surface area contributed by atoms with Crippen molar-refractivity contribution < 1.29 is 9.00 Å². The minimum absolute atomic E-state index is 0.159. The van der Waals surface area contributed by atoms with Gasteiger partial charge in [-0.2, -0.15) is 0 Å². The van der Waals surface area contributed by atoms with Gasteiger partial charge in [0.1, 0.15) is 5.37 Å². The summed E-state index contributed by atoms with van der Waals surface area (Å²) in [6.45, 7) is 0.740. The molecule has 0 saturated carbocycles. The van der Waals surface area contributed by atoms with Crippen LogP contribution in [0.3, 0.4) is 0 Å². The van der Waals surface area contributed by atoms with Crippen LogP contribution >= 0.6 is 0 Å². The Morgan fingerprint density at radius 3 is 2.94 bits per heavy atom. The van der Waals surface area contributed by atoms with Crippen LogP contribution in [0.2, 0.25) is 0 Å². The number of hydrogen-bond donors (Lipinski definition) is 0. The lowest BCUT2D eigenvalue weighted by Crippen LogP contribution is -2.42. The van der Waals surface area contributed by atoms with Crippen molar-refractivity contribution in [3.05, 3.63) is 35.4 Å². The fourth-order valence-electron chi connectivity index (χ4n) is 2.71. The lowest BCUT2D eigenvalue weighted by atomic mass is 10.0. The third-order valence-electron chi connectivity index (χ3n) is 3.54. The molecule has 0 N–H and O–H groups in total. The smallest absolute Gasteiger partial charge is 0.224 e. The number of carbonyl (C=O) groups is 1. The van der Waals surface area contributed by atoms with Gasteiger partial charge in [-0.25, -0.2) is 0 Å². The van der Waals surface area contributed by atoms with E-state index >= 15 is 0 Å². The van der Waals surface area contributed by atoms with E-state index < -0.39 is 10.8 Å². The van der Waals surface area contributed by atoms with Crippen molar-refractivity contribution in [2.24, 2.45) is 0 Å². The van der Waals surface area contributed by atoms with Gasteiger partial charge >= 0.3 is 0 Å². The monoisotopic (exact) mass is 249 g/mol. The molecule has 4 heteroatoms. The van der Waals surface area contributed by atoms with E-state index in [0.717, 1.165) is 24.9 Å². The summed E-state index contributed by atoms with van der Waals surface area (Å²) in [5.74, 6) is 0.667. The van der Waals surface area contributed by atoms with E-state index in [2.05, 4.69) is 6.07 Å². The predicted octanol–water partition coefficient (Wildman–Crippen LogP) is 1.61. The zero-order valence-corrected chi connectivity index (χ0v) is 10.4. The van der Waals surface area contributed by atoms with Crippen LogP contribution in [0.1, 0.15) is 29.3 Å². The normalized spacial score (nSPS) is 28.2. The zero-order chi connectivity index (χ0) is 11.8. The van der Waals surface area contributed by atoms with Crippen LogP contribution in [0.4, 0.5) is 0 Å². The predicted molar refractivity (Wildman–Crippen MR) is 66.8 cm³/mol. The second-order valence-corrected chi connectivity index (χ2v) is 6.19. The molecule has 1 aromatic carbocycles. The molecule has 0 bridgehead atoms. The molecule has 3 nitrogen and oxygen atoms in total. The summed E-state index contributed by atoms with van der Waals surface area (Å²) < 4.78 is 12.2. The highest BCUT2D eigenvalue weighted by Crippen LogP contribution is 2.34. The van der Waals surface area contributed by atoms with Gasteiger partial charge in [0.05, 0.1) is 0 Å². The van der Waals surface area contributed by atoms with E-state index in [-0.39, 0.29) is 11.3 Å². The van der Waals surface area contributed by atoms with Crippen molar-refractivity contribution in [3.8, 4) is 0 Å². The van der Waals surface area contributed by atoms with E-state index in [1.165, 1.54) is 5.56 Å². The standard InChI is InChI=1S/C13H15NO2S/c15-12-7-9-17(16)13-11-6-2-1-4-10(11)5-3-8-14(12)13/h1-2,4,6,13H,3,5,7-9H2. The molecule has 90 valence electrons. The molecule has 2 aliphatic heterocycles. The third-order valence-corrected chi connectivity index (χ3v) is 5.15. The van der Waals surface area contributed by atoms with Crippen LogP contribution in [-0.2, 0) is 22.0 Å². The Balaban J connectivity index is 2.10. The fraction of sp³-hybridized carbons (Fsp3) is 0.462. The first-order valence-electron chi connectivity index (χ1n) is 6.02. The molecule has 2 aliphatic rings. The second-order valence-electron chi connectivity index (χ2n) is 4.58. The number of nitrogens with zero attached hydrogens (tertiary/aromatic N) is 1. The van der Waals surface area contributed by atoms with Crippen LogP contribution in [-0.4, -0.2) is 27.3 Å². The highest BCUT2D eigenvalue weighted by Gasteiger charge is 2.36. The average molecular weight is 249 g/mol. The summed E-state index contributed by atoms with van der Waals surface area (Å²) in [5.41, 5.74) is 2.35. The van der Waals surface area contributed by atoms with Crippen LogP contribution in [0, 0.1) is 0 Å². The van der Waals surface area contributed by atoms with Crippen molar-refractivity contribution in [1.82, 2.24) is 4.90 Å². The van der Waals surface area contributed by atoms with Gasteiger partial charge in [0, 0.05) is 29.5 Å². The van der Waals surface area contributed by atoms with Crippen molar-refractivity contribution >= 4 is 16.7 Å². The maximum Gasteiger partial charge on any atom is 0.224 e. The van der Waals surface area contributed by atoms with E-state index in [4.69, 9.17) is 0 Å². The molecule has 0 spiro atoms. The number of amides is 1. The minimum atomic E-state index is -0.945. The highest BCUT2D eigenvalue weighted by atomic mass is 32.2. The van der Waals surface area contributed by atoms with Crippen molar-refractivity contribution in [2.45, 2.75) is 24.6 Å². The summed E-state index contributed by atoms with van der Waals surface area (Å²) in [6, 6.07) is 8.10. The molecule has 3 rings (SSSR count). The minimum Gasteiger partial charge on any atom is -0.324 e. The molecule has 2 heterocycles. The first kappa shape index (κ1) is 11.0. The summed E-state index contributed by atoms with van der Waals surface area (Å²) in [7, 11) is -0.945. The molecular formula is C13H15NO2S. The van der Waals surface area contributed by atoms with Crippen LogP contribution < -0.4 is 0 Å². The van der Waals surface area contributed by atoms with E-state index in [9.17, 15) is 9.00 Å². The summed E-state index contributed by atoms with van der Waals surface area (Å²) in [6.07, 6.45) is 2.38. The molecule has 0 radical (unpaired) electrons. The number of aryl methyl sites for hydroxylation is 1. The van der Waals surface area contributed by atoms with Gasteiger partial charge in [-0.1, -0.05) is 24.3 Å². The molecule has 2 atom stereocenters. The van der Waals surface area contributed by atoms with E-state index in [1.807, 2.05) is 23.1 Å². The number of carbonyl (C=O) groups excluding carboxylic acids is 1. The van der Waals surface area contributed by atoms with Crippen molar-refractivity contribution in [2.75, 3.05) is 12.3 Å². The number of benzene rings is 1. The molecule has 17 heavy (non-hydrogen) atoms. The molecule has 0 aliphatic carbocycles. The lowest BCUT2D eigenvalue weighted by Gasteiger charge is -2.34. The number of fused-ring (bicyclic) bond motifs is 3. The van der Waals surface area contributed by atoms with Crippen molar-refractivity contribution in [3.63, 3.8) is 0 Å². The third kappa shape index (κ3) is 1.80. The van der Waals surface area contributed by atoms with Gasteiger partial charge in [-0.3, -0.25) is 9.00 Å². The van der Waals surface area contributed by atoms with Gasteiger partial charge in [0.15, 0.2) is 0 Å². The van der Waals surface area contributed by atoms with Gasteiger partial charge in [-0.05, 0) is 24.0 Å². The van der Waals surface area contributed by atoms with Crippen LogP contribution in [0.5, 0.6) is 0 Å². The summed E-state index contributed by atoms with van der Waals surface area (Å²) in [5, 5.41) is -0.199. The zero-order valence-electron chi connectivity index (χ0n) is 9.59. The maximum absolute atomic E-state index is 12.2. The van der Waals surface area contributed by atoms with E-state index in [1.54, 1.807) is 0 Å². The Kier molecular flexibility index (Phi) is 2.74. The Labute approximate surface area is 103 Å². The summed E-state index contributed by atoms with van der Waals surface area (Å²) >= 11 is 0. The highest BCUT2D eigenvalue weighted by molar-refractivity contribution is 7.85. The first-order valence-corrected chi connectivity index (χ1v) is 7.40. The molecule has 0 aromatic heterocycles. The average Bonchev–Trinajstić information content (AvgIpc) is 2.54. The molecule has 1 amide bonds. The Morgan fingerprint density at radius 2 is 2.06 bits per heavy atom. The number of hydrogen-bond acceptors (Lipinski definition) is 2. The van der Waals surface area contributed by atoms with E-state index in [0.29, 0.717) is 12.2 Å². The number of rotatable bonds is 0. The quantitative estimate of drug-likeness (QED) is 0.700. The Bertz CT molecular complexity index is 486. The lowest BCUT2D eigenvalue weighted by molar-refractivity contribution is -0.132. The Morgan fingerprint density at radius 1 is 1.24 bits per heavy atom. The molecular weight excluding hydrogens is 234 g/mol. The summed E-state index contributed by atoms with van der Waals surface area (Å²) in [4.78, 5) is 13.8. The topological polar surface area (TPSA) is 37.4 Å². The molecule has 2 unspecified atom stereocenters. The first-order chi connectivity index (χ1) is 8.27. The van der Waals surface area contributed by atoms with Gasteiger partial charge in [-0.15, -0.1) is 0 Å². The van der Waals surface area contributed by atoms with Gasteiger partial charge in [0.2, 0.25) is 5.91 Å². The molecule has 1 fully saturated rings. The van der Waals surface area contributed by atoms with Crippen LogP contribution in [0.25, 0.3) is 0 Å². The largest absolute Gasteiger partial charge is 0.324 e. The second kappa shape index (κ2) is 4.26. The molecule has 1 aromatic rings. The van der Waals surface area contributed by atoms with Crippen molar-refractivity contribution in [1.29, 1.82) is 0 Å². The Hall–Kier alpha value is -1.16. The van der Waals surface area contributed by atoms with Gasteiger partial charge in [0.25, 0.3) is 0 Å².